The summed E-state index contributed by atoms with van der Waals surface area (Å²) in [6.45, 7) is 6.97. The first-order valence-corrected chi connectivity index (χ1v) is 8.56. The predicted octanol–water partition coefficient (Wildman–Crippen LogP) is 1.82. The van der Waals surface area contributed by atoms with E-state index in [9.17, 15) is 4.79 Å². The summed E-state index contributed by atoms with van der Waals surface area (Å²) in [4.78, 5) is 18.8. The number of nitrogens with zero attached hydrogens (tertiary/aromatic N) is 4. The Balaban J connectivity index is 1.73. The van der Waals surface area contributed by atoms with Crippen LogP contribution in [0.5, 0.6) is 0 Å². The molecule has 0 unspecified atom stereocenters. The van der Waals surface area contributed by atoms with E-state index in [1.807, 2.05) is 44.4 Å². The minimum absolute atomic E-state index is 0.00968. The summed E-state index contributed by atoms with van der Waals surface area (Å²) in [5, 5.41) is 7.49. The van der Waals surface area contributed by atoms with Crippen LogP contribution >= 0.6 is 0 Å². The first kappa shape index (κ1) is 16.6. The topological polar surface area (TPSA) is 63.1 Å². The van der Waals surface area contributed by atoms with Crippen LogP contribution < -0.4 is 5.32 Å². The van der Waals surface area contributed by atoms with Gasteiger partial charge in [0, 0.05) is 50.5 Å². The number of nitrogens with one attached hydrogen (secondary N) is 1. The molecule has 24 heavy (non-hydrogen) atoms. The third kappa shape index (κ3) is 4.00. The lowest BCUT2D eigenvalue weighted by molar-refractivity contribution is -0.124. The zero-order valence-electron chi connectivity index (χ0n) is 14.4. The second-order valence-electron chi connectivity index (χ2n) is 6.61. The van der Waals surface area contributed by atoms with Crippen molar-refractivity contribution in [2.45, 2.75) is 45.9 Å². The van der Waals surface area contributed by atoms with Gasteiger partial charge in [0.05, 0.1) is 11.4 Å². The molecule has 1 amide bonds. The summed E-state index contributed by atoms with van der Waals surface area (Å²) in [5.41, 5.74) is 2.26. The highest BCUT2D eigenvalue weighted by molar-refractivity contribution is 5.77. The Morgan fingerprint density at radius 3 is 2.96 bits per heavy atom. The molecule has 1 aliphatic heterocycles. The SMILES string of the molecule is CC(C)C(=O)NC[C@@H]1CCn2nccc2CN1Cc1ccccn1. The highest BCUT2D eigenvalue weighted by Crippen LogP contribution is 2.19. The third-order valence-electron chi connectivity index (χ3n) is 4.49. The van der Waals surface area contributed by atoms with E-state index in [1.54, 1.807) is 0 Å². The van der Waals surface area contributed by atoms with Crippen LogP contribution in [0.15, 0.2) is 36.7 Å². The van der Waals surface area contributed by atoms with E-state index < -0.39 is 0 Å². The van der Waals surface area contributed by atoms with Crippen LogP contribution in [0.1, 0.15) is 31.7 Å². The number of aromatic nitrogens is 3. The van der Waals surface area contributed by atoms with E-state index in [4.69, 9.17) is 0 Å². The van der Waals surface area contributed by atoms with Gasteiger partial charge in [-0.15, -0.1) is 0 Å². The normalized spacial score (nSPS) is 18.2. The van der Waals surface area contributed by atoms with Crippen molar-refractivity contribution in [2.75, 3.05) is 6.54 Å². The molecule has 0 aromatic carbocycles. The molecule has 0 fully saturated rings. The van der Waals surface area contributed by atoms with E-state index >= 15 is 0 Å². The van der Waals surface area contributed by atoms with Gasteiger partial charge in [0.25, 0.3) is 0 Å². The van der Waals surface area contributed by atoms with Crippen molar-refractivity contribution in [3.8, 4) is 0 Å². The Kier molecular flexibility index (Phi) is 5.25. The summed E-state index contributed by atoms with van der Waals surface area (Å²) in [5.74, 6) is 0.116. The van der Waals surface area contributed by atoms with Gasteiger partial charge in [0.1, 0.15) is 0 Å². The van der Waals surface area contributed by atoms with Crippen LogP contribution in [0, 0.1) is 5.92 Å². The molecular weight excluding hydrogens is 302 g/mol. The minimum Gasteiger partial charge on any atom is -0.354 e. The van der Waals surface area contributed by atoms with E-state index in [-0.39, 0.29) is 17.9 Å². The van der Waals surface area contributed by atoms with Gasteiger partial charge in [0.2, 0.25) is 5.91 Å². The van der Waals surface area contributed by atoms with Crippen molar-refractivity contribution in [1.29, 1.82) is 0 Å². The van der Waals surface area contributed by atoms with Crippen LogP contribution in [0.3, 0.4) is 0 Å². The fourth-order valence-electron chi connectivity index (χ4n) is 3.03. The number of rotatable bonds is 5. The third-order valence-corrected chi connectivity index (χ3v) is 4.49. The van der Waals surface area contributed by atoms with E-state index in [1.165, 1.54) is 5.69 Å². The number of pyridine rings is 1. The Morgan fingerprint density at radius 2 is 2.21 bits per heavy atom. The number of hydrogen-bond donors (Lipinski definition) is 1. The summed E-state index contributed by atoms with van der Waals surface area (Å²) in [6, 6.07) is 8.34. The molecule has 0 aliphatic carbocycles. The zero-order valence-corrected chi connectivity index (χ0v) is 14.4. The molecule has 0 bridgehead atoms. The van der Waals surface area contributed by atoms with Gasteiger partial charge < -0.3 is 5.32 Å². The van der Waals surface area contributed by atoms with Crippen LogP contribution in [0.2, 0.25) is 0 Å². The molecule has 2 aromatic heterocycles. The van der Waals surface area contributed by atoms with Crippen molar-refractivity contribution < 1.29 is 4.79 Å². The predicted molar refractivity (Wildman–Crippen MR) is 92.0 cm³/mol. The van der Waals surface area contributed by atoms with Crippen molar-refractivity contribution in [3.63, 3.8) is 0 Å². The number of carbonyl (C=O) groups is 1. The quantitative estimate of drug-likeness (QED) is 0.910. The van der Waals surface area contributed by atoms with Crippen molar-refractivity contribution in [1.82, 2.24) is 25.0 Å². The molecule has 0 spiro atoms. The maximum Gasteiger partial charge on any atom is 0.222 e. The van der Waals surface area contributed by atoms with Crippen molar-refractivity contribution >= 4 is 5.91 Å². The number of hydrogen-bond acceptors (Lipinski definition) is 4. The van der Waals surface area contributed by atoms with Gasteiger partial charge >= 0.3 is 0 Å². The molecule has 0 saturated heterocycles. The lowest BCUT2D eigenvalue weighted by Crippen LogP contribution is -2.43. The van der Waals surface area contributed by atoms with E-state index in [2.05, 4.69) is 31.0 Å². The summed E-state index contributed by atoms with van der Waals surface area (Å²) < 4.78 is 2.07. The van der Waals surface area contributed by atoms with Crippen LogP contribution in [-0.2, 0) is 24.4 Å². The second kappa shape index (κ2) is 7.57. The molecule has 3 heterocycles. The van der Waals surface area contributed by atoms with Crippen LogP contribution in [-0.4, -0.2) is 38.2 Å². The Labute approximate surface area is 142 Å². The zero-order chi connectivity index (χ0) is 16.9. The highest BCUT2D eigenvalue weighted by atomic mass is 16.1. The molecule has 1 aliphatic rings. The van der Waals surface area contributed by atoms with Gasteiger partial charge in [-0.25, -0.2) is 0 Å². The van der Waals surface area contributed by atoms with E-state index in [0.29, 0.717) is 6.54 Å². The Bertz CT molecular complexity index is 667. The molecule has 3 rings (SSSR count). The molecule has 1 atom stereocenters. The fourth-order valence-corrected chi connectivity index (χ4v) is 3.03. The first-order chi connectivity index (χ1) is 11.6. The summed E-state index contributed by atoms with van der Waals surface area (Å²) >= 11 is 0. The molecular formula is C18H25N5O. The Morgan fingerprint density at radius 1 is 1.33 bits per heavy atom. The molecule has 6 heteroatoms. The van der Waals surface area contributed by atoms with E-state index in [0.717, 1.165) is 31.7 Å². The molecule has 0 radical (unpaired) electrons. The van der Waals surface area contributed by atoms with Gasteiger partial charge in [0.15, 0.2) is 0 Å². The fraction of sp³-hybridized carbons (Fsp3) is 0.500. The molecule has 6 nitrogen and oxygen atoms in total. The molecule has 2 aromatic rings. The maximum atomic E-state index is 11.9. The number of carbonyl (C=O) groups excluding carboxylic acids is 1. The smallest absolute Gasteiger partial charge is 0.222 e. The summed E-state index contributed by atoms with van der Waals surface area (Å²) in [7, 11) is 0. The molecule has 128 valence electrons. The second-order valence-corrected chi connectivity index (χ2v) is 6.61. The van der Waals surface area contributed by atoms with Gasteiger partial charge in [-0.3, -0.25) is 19.4 Å². The monoisotopic (exact) mass is 327 g/mol. The average molecular weight is 327 g/mol. The number of fused-ring (bicyclic) bond motifs is 1. The van der Waals surface area contributed by atoms with Crippen LogP contribution in [0.4, 0.5) is 0 Å². The van der Waals surface area contributed by atoms with Gasteiger partial charge in [-0.2, -0.15) is 5.10 Å². The van der Waals surface area contributed by atoms with Gasteiger partial charge in [-0.05, 0) is 24.6 Å². The highest BCUT2D eigenvalue weighted by Gasteiger charge is 2.25. The van der Waals surface area contributed by atoms with Crippen molar-refractivity contribution in [3.05, 3.63) is 48.0 Å². The Hall–Kier alpha value is -2.21. The molecule has 0 saturated carbocycles. The first-order valence-electron chi connectivity index (χ1n) is 8.56. The summed E-state index contributed by atoms with van der Waals surface area (Å²) in [6.07, 6.45) is 4.64. The molecule has 1 N–H and O–H groups in total. The van der Waals surface area contributed by atoms with Gasteiger partial charge in [-0.1, -0.05) is 19.9 Å². The minimum atomic E-state index is 0.00968. The lowest BCUT2D eigenvalue weighted by atomic mass is 10.1. The number of amides is 1. The largest absolute Gasteiger partial charge is 0.354 e. The van der Waals surface area contributed by atoms with Crippen molar-refractivity contribution in [2.24, 2.45) is 5.92 Å². The average Bonchev–Trinajstić information content (AvgIpc) is 2.95. The number of aryl methyl sites for hydroxylation is 1. The maximum absolute atomic E-state index is 11.9. The standard InChI is InChI=1S/C18H25N5O/c1-14(2)18(24)20-11-16-7-10-23-17(6-9-21-23)13-22(16)12-15-5-3-4-8-19-15/h3-6,8-9,14,16H,7,10-13H2,1-2H3,(H,20,24)/t16-/m0/s1. The van der Waals surface area contributed by atoms with Crippen LogP contribution in [0.25, 0.3) is 0 Å². The lowest BCUT2D eigenvalue weighted by Gasteiger charge is -2.29.